The average Bonchev–Trinajstić information content (AvgIpc) is 3.31. The number of hydrogen-bond donors (Lipinski definition) is 7. The molecule has 1 heterocycles. The first-order valence-corrected chi connectivity index (χ1v) is 11.5. The van der Waals surface area contributed by atoms with E-state index in [2.05, 4.69) is 10.6 Å². The minimum Gasteiger partial charge on any atom is -0.508 e. The van der Waals surface area contributed by atoms with Gasteiger partial charge in [0.15, 0.2) is 0 Å². The van der Waals surface area contributed by atoms with Crippen LogP contribution in [-0.4, -0.2) is 86.6 Å². The molecule has 5 atom stereocenters. The molecule has 1 aromatic rings. The van der Waals surface area contributed by atoms with Gasteiger partial charge in [0, 0.05) is 19.4 Å². The lowest BCUT2D eigenvalue weighted by atomic mass is 10.0. The molecule has 0 aliphatic carbocycles. The summed E-state index contributed by atoms with van der Waals surface area (Å²) in [5, 5.41) is 33.4. The SMILES string of the molecule is CC(O)C(N)C(=O)NC(CCC(N)=O)C(=O)N1CCCC1C(=O)NC(Cc1ccc(O)cc1)C(=O)O. The smallest absolute Gasteiger partial charge is 0.326 e. The molecule has 0 bridgehead atoms. The highest BCUT2D eigenvalue weighted by molar-refractivity contribution is 5.95. The fourth-order valence-electron chi connectivity index (χ4n) is 3.87. The molecule has 1 aliphatic rings. The fourth-order valence-corrected chi connectivity index (χ4v) is 3.87. The van der Waals surface area contributed by atoms with E-state index in [9.17, 15) is 39.3 Å². The number of nitrogens with zero attached hydrogens (tertiary/aromatic N) is 1. The number of nitrogens with one attached hydrogen (secondary N) is 2. The third kappa shape index (κ3) is 7.92. The molecule has 1 aliphatic heterocycles. The van der Waals surface area contributed by atoms with E-state index in [-0.39, 0.29) is 38.0 Å². The topological polar surface area (TPSA) is 225 Å². The minimum absolute atomic E-state index is 0.0159. The molecule has 5 unspecified atom stereocenters. The maximum absolute atomic E-state index is 13.3. The number of aliphatic hydroxyl groups is 1. The third-order valence-electron chi connectivity index (χ3n) is 5.95. The number of primary amides is 1. The largest absolute Gasteiger partial charge is 0.508 e. The van der Waals surface area contributed by atoms with Gasteiger partial charge in [-0.1, -0.05) is 12.1 Å². The number of amides is 4. The number of rotatable bonds is 12. The molecule has 1 saturated heterocycles. The summed E-state index contributed by atoms with van der Waals surface area (Å²) in [6.07, 6.45) is -0.870. The van der Waals surface area contributed by atoms with Crippen molar-refractivity contribution in [2.75, 3.05) is 6.54 Å². The Balaban J connectivity index is 2.14. The highest BCUT2D eigenvalue weighted by Crippen LogP contribution is 2.20. The molecule has 0 aromatic heterocycles. The van der Waals surface area contributed by atoms with Crippen molar-refractivity contribution in [3.63, 3.8) is 0 Å². The Morgan fingerprint density at radius 1 is 1.11 bits per heavy atom. The van der Waals surface area contributed by atoms with E-state index in [0.29, 0.717) is 12.0 Å². The van der Waals surface area contributed by atoms with Crippen molar-refractivity contribution in [2.24, 2.45) is 11.5 Å². The molecule has 0 saturated carbocycles. The molecule has 198 valence electrons. The molecule has 1 fully saturated rings. The number of likely N-dealkylation sites (tertiary alicyclic amines) is 1. The van der Waals surface area contributed by atoms with Crippen molar-refractivity contribution >= 4 is 29.6 Å². The summed E-state index contributed by atoms with van der Waals surface area (Å²) in [7, 11) is 0. The van der Waals surface area contributed by atoms with Crippen molar-refractivity contribution in [3.8, 4) is 5.75 Å². The van der Waals surface area contributed by atoms with Gasteiger partial charge in [-0.25, -0.2) is 4.79 Å². The Bertz CT molecular complexity index is 968. The number of carboxylic acid groups (broad SMARTS) is 1. The summed E-state index contributed by atoms with van der Waals surface area (Å²) >= 11 is 0. The molecule has 9 N–H and O–H groups in total. The van der Waals surface area contributed by atoms with Crippen LogP contribution in [0.5, 0.6) is 5.75 Å². The van der Waals surface area contributed by atoms with Crippen LogP contribution in [0.25, 0.3) is 0 Å². The van der Waals surface area contributed by atoms with Gasteiger partial charge < -0.3 is 42.3 Å². The number of benzene rings is 1. The summed E-state index contributed by atoms with van der Waals surface area (Å²) in [6, 6.07) is 1.05. The normalized spacial score (nSPS) is 18.5. The lowest BCUT2D eigenvalue weighted by Gasteiger charge is -2.30. The summed E-state index contributed by atoms with van der Waals surface area (Å²) in [5.41, 5.74) is 11.4. The first kappa shape index (κ1) is 28.5. The molecule has 4 amide bonds. The van der Waals surface area contributed by atoms with Crippen molar-refractivity contribution in [3.05, 3.63) is 29.8 Å². The zero-order valence-corrected chi connectivity index (χ0v) is 19.9. The van der Waals surface area contributed by atoms with E-state index in [1.807, 2.05) is 0 Å². The number of phenolic OH excluding ortho intramolecular Hbond substituents is 1. The Kier molecular flexibility index (Phi) is 10.2. The Hall–Kier alpha value is -3.71. The first-order valence-electron chi connectivity index (χ1n) is 11.5. The highest BCUT2D eigenvalue weighted by atomic mass is 16.4. The van der Waals surface area contributed by atoms with E-state index in [1.54, 1.807) is 0 Å². The van der Waals surface area contributed by atoms with Crippen molar-refractivity contribution in [1.29, 1.82) is 0 Å². The van der Waals surface area contributed by atoms with Crippen LogP contribution in [0.3, 0.4) is 0 Å². The number of carbonyl (C=O) groups excluding carboxylic acids is 4. The predicted octanol–water partition coefficient (Wildman–Crippen LogP) is -2.05. The van der Waals surface area contributed by atoms with E-state index in [1.165, 1.54) is 36.1 Å². The number of aliphatic hydroxyl groups excluding tert-OH is 1. The molecule has 13 nitrogen and oxygen atoms in total. The summed E-state index contributed by atoms with van der Waals surface area (Å²) in [4.78, 5) is 62.9. The van der Waals surface area contributed by atoms with Crippen LogP contribution in [-0.2, 0) is 30.4 Å². The van der Waals surface area contributed by atoms with Gasteiger partial charge in [0.05, 0.1) is 6.10 Å². The lowest BCUT2D eigenvalue weighted by Crippen LogP contribution is -2.58. The fraction of sp³-hybridized carbons (Fsp3) is 0.522. The number of carboxylic acids is 1. The monoisotopic (exact) mass is 507 g/mol. The average molecular weight is 508 g/mol. The van der Waals surface area contributed by atoms with Crippen LogP contribution in [0.15, 0.2) is 24.3 Å². The quantitative estimate of drug-likeness (QED) is 0.165. The Morgan fingerprint density at radius 3 is 2.31 bits per heavy atom. The van der Waals surface area contributed by atoms with Gasteiger partial charge in [-0.05, 0) is 43.9 Å². The van der Waals surface area contributed by atoms with Gasteiger partial charge in [0.25, 0.3) is 0 Å². The van der Waals surface area contributed by atoms with Gasteiger partial charge in [0.2, 0.25) is 23.6 Å². The molecule has 13 heteroatoms. The van der Waals surface area contributed by atoms with Gasteiger partial charge >= 0.3 is 5.97 Å². The van der Waals surface area contributed by atoms with E-state index in [4.69, 9.17) is 11.5 Å². The second-order valence-corrected chi connectivity index (χ2v) is 8.79. The van der Waals surface area contributed by atoms with Crippen molar-refractivity contribution in [2.45, 2.75) is 69.3 Å². The second kappa shape index (κ2) is 12.8. The summed E-state index contributed by atoms with van der Waals surface area (Å²) in [5.74, 6) is -4.09. The molecule has 0 spiro atoms. The van der Waals surface area contributed by atoms with Gasteiger partial charge in [-0.15, -0.1) is 0 Å². The number of hydrogen-bond acceptors (Lipinski definition) is 8. The standard InChI is InChI=1S/C23H33N5O8/c1-12(29)19(25)21(33)26-15(8-9-18(24)31)22(34)28-10-2-3-17(28)20(32)27-16(23(35)36)11-13-4-6-14(30)7-5-13/h4-7,12,15-17,19,29-30H,2-3,8-11,25H2,1H3,(H2,24,31)(H,26,33)(H,27,32)(H,35,36). The van der Waals surface area contributed by atoms with Gasteiger partial charge in [-0.2, -0.15) is 0 Å². The zero-order valence-electron chi connectivity index (χ0n) is 19.9. The maximum Gasteiger partial charge on any atom is 0.326 e. The molecular formula is C23H33N5O8. The number of carbonyl (C=O) groups is 5. The van der Waals surface area contributed by atoms with Gasteiger partial charge in [0.1, 0.15) is 29.9 Å². The number of aromatic hydroxyl groups is 1. The molecular weight excluding hydrogens is 474 g/mol. The molecule has 2 rings (SSSR count). The number of nitrogens with two attached hydrogens (primary N) is 2. The van der Waals surface area contributed by atoms with Crippen LogP contribution < -0.4 is 22.1 Å². The van der Waals surface area contributed by atoms with E-state index < -0.39 is 59.9 Å². The van der Waals surface area contributed by atoms with Crippen molar-refractivity contribution < 1.29 is 39.3 Å². The molecule has 36 heavy (non-hydrogen) atoms. The van der Waals surface area contributed by atoms with Crippen LogP contribution in [0.4, 0.5) is 0 Å². The Labute approximate surface area is 207 Å². The molecule has 1 aromatic carbocycles. The maximum atomic E-state index is 13.3. The van der Waals surface area contributed by atoms with Crippen LogP contribution in [0, 0.1) is 0 Å². The Morgan fingerprint density at radius 2 is 1.75 bits per heavy atom. The first-order chi connectivity index (χ1) is 16.9. The second-order valence-electron chi connectivity index (χ2n) is 8.79. The zero-order chi connectivity index (χ0) is 27.0. The van der Waals surface area contributed by atoms with Crippen LogP contribution >= 0.6 is 0 Å². The van der Waals surface area contributed by atoms with Crippen LogP contribution in [0.1, 0.15) is 38.2 Å². The number of aliphatic carboxylic acids is 1. The van der Waals surface area contributed by atoms with Gasteiger partial charge in [-0.3, -0.25) is 19.2 Å². The summed E-state index contributed by atoms with van der Waals surface area (Å²) < 4.78 is 0. The van der Waals surface area contributed by atoms with E-state index in [0.717, 1.165) is 0 Å². The van der Waals surface area contributed by atoms with E-state index >= 15 is 0 Å². The minimum atomic E-state index is -1.32. The third-order valence-corrected chi connectivity index (χ3v) is 5.95. The lowest BCUT2D eigenvalue weighted by molar-refractivity contribution is -0.145. The highest BCUT2D eigenvalue weighted by Gasteiger charge is 2.39. The van der Waals surface area contributed by atoms with Crippen LogP contribution in [0.2, 0.25) is 0 Å². The molecule has 0 radical (unpaired) electrons. The predicted molar refractivity (Wildman–Crippen MR) is 126 cm³/mol. The number of phenols is 1. The van der Waals surface area contributed by atoms with Crippen molar-refractivity contribution in [1.82, 2.24) is 15.5 Å². The summed E-state index contributed by atoms with van der Waals surface area (Å²) in [6.45, 7) is 1.49.